The number of hydrogen-bond donors (Lipinski definition) is 6. The number of rotatable bonds is 19. The van der Waals surface area contributed by atoms with E-state index in [-0.39, 0.29) is 35.6 Å². The first-order valence-corrected chi connectivity index (χ1v) is 25.9. The molecular weight excluding hydrogens is 1070 g/mol. The van der Waals surface area contributed by atoms with Gasteiger partial charge in [0.05, 0.1) is 55.7 Å². The van der Waals surface area contributed by atoms with Crippen LogP contribution in [0.3, 0.4) is 0 Å². The van der Waals surface area contributed by atoms with Gasteiger partial charge in [-0.05, 0) is 86.6 Å². The van der Waals surface area contributed by atoms with E-state index in [4.69, 9.17) is 19.2 Å². The number of carbonyl (C=O) groups excluding carboxylic acids is 3. The third kappa shape index (κ3) is 14.1. The van der Waals surface area contributed by atoms with Gasteiger partial charge in [-0.15, -0.1) is 0 Å². The van der Waals surface area contributed by atoms with Crippen molar-refractivity contribution in [1.82, 2.24) is 46.0 Å². The van der Waals surface area contributed by atoms with Gasteiger partial charge in [-0.2, -0.15) is 27.1 Å². The Hall–Kier alpha value is -7.05. The lowest BCUT2D eigenvalue weighted by Crippen LogP contribution is -2.63. The molecule has 6 atom stereocenters. The van der Waals surface area contributed by atoms with Crippen LogP contribution in [-0.2, 0) is 36.8 Å². The van der Waals surface area contributed by atoms with Crippen LogP contribution in [0, 0.1) is 34.3 Å². The van der Waals surface area contributed by atoms with Gasteiger partial charge in [0.15, 0.2) is 6.10 Å². The van der Waals surface area contributed by atoms with Crippen molar-refractivity contribution in [1.29, 1.82) is 0 Å². The van der Waals surface area contributed by atoms with Crippen molar-refractivity contribution < 1.29 is 74.3 Å². The minimum Gasteiger partial charge on any atom is -0.465 e. The smallest absolute Gasteiger partial charge is 0.408 e. The number of aromatic nitrogens is 3. The molecule has 19 nitrogen and oxygen atoms in total. The molecule has 4 aliphatic heterocycles. The highest BCUT2D eigenvalue weighted by atomic mass is 19.4. The Morgan fingerprint density at radius 2 is 1.45 bits per heavy atom. The molecule has 0 radical (unpaired) electrons. The van der Waals surface area contributed by atoms with E-state index in [0.29, 0.717) is 48.7 Å². The van der Waals surface area contributed by atoms with Gasteiger partial charge in [-0.3, -0.25) is 19.9 Å². The average Bonchev–Trinajstić information content (AvgIpc) is 3.96. The number of aliphatic hydroxyl groups is 1. The van der Waals surface area contributed by atoms with E-state index in [1.165, 1.54) is 0 Å². The number of benzene rings is 2. The number of hydrogen-bond acceptors (Lipinski definition) is 13. The molecular formula is C54H63F7N10O9. The van der Waals surface area contributed by atoms with Crippen molar-refractivity contribution in [3.05, 3.63) is 101 Å². The summed E-state index contributed by atoms with van der Waals surface area (Å²) in [4.78, 5) is 62.7. The summed E-state index contributed by atoms with van der Waals surface area (Å²) in [7, 11) is 0. The summed E-state index contributed by atoms with van der Waals surface area (Å²) in [6.07, 6.45) is -6.22. The number of fused-ring (bicyclic) bond motifs is 2. The zero-order chi connectivity index (χ0) is 57.8. The molecule has 432 valence electrons. The molecule has 6 N–H and O–H groups in total. The van der Waals surface area contributed by atoms with Gasteiger partial charge in [0.2, 0.25) is 5.91 Å². The van der Waals surface area contributed by atoms with E-state index < -0.39 is 108 Å². The molecule has 6 heterocycles. The number of amides is 4. The summed E-state index contributed by atoms with van der Waals surface area (Å²) in [6, 6.07) is 8.65. The number of pyridine rings is 1. The van der Waals surface area contributed by atoms with E-state index in [1.807, 2.05) is 12.1 Å². The molecule has 8 rings (SSSR count). The Kier molecular flexibility index (Phi) is 18.0. The van der Waals surface area contributed by atoms with Crippen molar-refractivity contribution in [2.45, 2.75) is 122 Å². The van der Waals surface area contributed by atoms with Crippen molar-refractivity contribution in [3.8, 4) is 23.1 Å². The molecule has 80 heavy (non-hydrogen) atoms. The number of aliphatic hydroxyl groups excluding tert-OH is 1. The Morgan fingerprint density at radius 1 is 0.825 bits per heavy atom. The van der Waals surface area contributed by atoms with Crippen LogP contribution in [0.1, 0.15) is 76.3 Å². The molecule has 2 unspecified atom stereocenters. The average molecular weight is 1130 g/mol. The molecule has 4 amide bonds. The molecule has 0 spiro atoms. The number of nitrogens with one attached hydrogen (secondary N) is 4. The number of piperazine rings is 1. The van der Waals surface area contributed by atoms with E-state index in [2.05, 4.69) is 42.8 Å². The van der Waals surface area contributed by atoms with Gasteiger partial charge in [-0.1, -0.05) is 44.7 Å². The van der Waals surface area contributed by atoms with Crippen LogP contribution in [0.15, 0.2) is 67.0 Å². The zero-order valence-electron chi connectivity index (χ0n) is 44.4. The number of carbonyl (C=O) groups is 4. The van der Waals surface area contributed by atoms with Crippen LogP contribution in [0.25, 0.3) is 11.3 Å². The quantitative estimate of drug-likeness (QED) is 0.0374. The van der Waals surface area contributed by atoms with E-state index in [0.717, 1.165) is 74.4 Å². The Bertz CT molecular complexity index is 2890. The number of anilines is 1. The van der Waals surface area contributed by atoms with E-state index in [1.54, 1.807) is 56.6 Å². The van der Waals surface area contributed by atoms with Gasteiger partial charge < -0.3 is 45.3 Å². The number of nitrogens with zero attached hydrogens (tertiary/aromatic N) is 6. The normalized spacial score (nSPS) is 19.5. The first-order valence-electron chi connectivity index (χ1n) is 25.9. The second-order valence-electron chi connectivity index (χ2n) is 22.0. The fourth-order valence-corrected chi connectivity index (χ4v) is 9.97. The largest absolute Gasteiger partial charge is 0.465 e. The third-order valence-corrected chi connectivity index (χ3v) is 14.7. The van der Waals surface area contributed by atoms with Crippen LogP contribution < -0.4 is 26.3 Å². The van der Waals surface area contributed by atoms with Crippen LogP contribution in [-0.4, -0.2) is 160 Å². The molecule has 4 saturated heterocycles. The molecule has 0 saturated carbocycles. The van der Waals surface area contributed by atoms with Crippen LogP contribution >= 0.6 is 0 Å². The van der Waals surface area contributed by atoms with Crippen molar-refractivity contribution in [2.24, 2.45) is 10.8 Å². The summed E-state index contributed by atoms with van der Waals surface area (Å²) in [6.45, 7) is 4.61. The van der Waals surface area contributed by atoms with Crippen LogP contribution in [0.4, 0.5) is 46.1 Å². The minimum absolute atomic E-state index is 0.107. The number of ether oxygens (including phenoxy) is 3. The highest BCUT2D eigenvalue weighted by Gasteiger charge is 2.56. The molecule has 4 aliphatic rings. The first-order chi connectivity index (χ1) is 37.7. The molecule has 4 fully saturated rings. The molecule has 0 aliphatic carbocycles. The summed E-state index contributed by atoms with van der Waals surface area (Å²) >= 11 is 0. The van der Waals surface area contributed by atoms with Crippen molar-refractivity contribution in [2.75, 3.05) is 51.0 Å². The summed E-state index contributed by atoms with van der Waals surface area (Å²) in [5.74, 6) is 1.97. The van der Waals surface area contributed by atoms with Gasteiger partial charge in [0, 0.05) is 72.9 Å². The zero-order valence-corrected chi connectivity index (χ0v) is 44.4. The SMILES string of the molecule is CC(C)(C)[C@H](NC(=O)OC1COC1)C(=O)NN(Cc1c(F)cc(-c2ccn(C(F)F)n2)cc1F)C[C@H](O)[C@H](Cc1ccc(C#Cc2ccc(N3CC4CCC(C3)N4C3COC3)nc2)cc1)NC(=O)[C@@H](NC(=O)O)C(C)(C)C(F)(F)F. The maximum absolute atomic E-state index is 16.1. The predicted molar refractivity (Wildman–Crippen MR) is 273 cm³/mol. The fourth-order valence-electron chi connectivity index (χ4n) is 9.97. The standard InChI is InChI=1S/C54H63F7N10O9/c1-52(2,3)45(65-51(77)80-37-28-79-29-37)48(74)67-69(24-38-39(55)19-33(20-40(38)56)41-16-17-70(66-41)49(57)58)25-43(72)42(63-47(73)46(64-50(75)76)53(4,5)54(59,60)61)18-31-9-6-30(7-10-31)8-11-32-12-15-44(62-21-32)68-22-34-13-14-35(23-68)71(34)36-26-78-27-36/h6-7,9-10,12,15-17,19-21,34-37,42-43,45-46,49,64,72H,13-14,18,22-29H2,1-5H3,(H,63,73)(H,65,77)(H,67,74)(H,75,76)/t34?,35?,42-,43-,45+,46+/m0/s1. The number of hydrazine groups is 1. The Morgan fingerprint density at radius 3 is 1.98 bits per heavy atom. The maximum Gasteiger partial charge on any atom is 0.408 e. The topological polar surface area (TPSA) is 225 Å². The Balaban J connectivity index is 1.05. The number of carboxylic acid groups (broad SMARTS) is 1. The second kappa shape index (κ2) is 24.4. The van der Waals surface area contributed by atoms with Crippen molar-refractivity contribution in [3.63, 3.8) is 0 Å². The highest BCUT2D eigenvalue weighted by Crippen LogP contribution is 2.41. The highest BCUT2D eigenvalue weighted by molar-refractivity contribution is 5.87. The van der Waals surface area contributed by atoms with Gasteiger partial charge in [-0.25, -0.2) is 33.0 Å². The third-order valence-electron chi connectivity index (χ3n) is 14.7. The molecule has 2 aromatic heterocycles. The van der Waals surface area contributed by atoms with E-state index >= 15 is 8.78 Å². The second-order valence-corrected chi connectivity index (χ2v) is 22.0. The van der Waals surface area contributed by atoms with Gasteiger partial charge >= 0.3 is 24.9 Å². The molecule has 26 heteroatoms. The molecule has 4 aromatic rings. The lowest BCUT2D eigenvalue weighted by Gasteiger charge is -2.47. The Labute approximate surface area is 456 Å². The van der Waals surface area contributed by atoms with Gasteiger partial charge in [0.25, 0.3) is 5.91 Å². The molecule has 2 bridgehead atoms. The fraction of sp³-hybridized carbons (Fsp3) is 0.519. The lowest BCUT2D eigenvalue weighted by atomic mass is 9.82. The summed E-state index contributed by atoms with van der Waals surface area (Å²) in [5, 5.41) is 32.7. The summed E-state index contributed by atoms with van der Waals surface area (Å²) < 4.78 is 118. The number of alkyl halides is 5. The van der Waals surface area contributed by atoms with E-state index in [9.17, 15) is 51.3 Å². The number of alkyl carbamates (subject to hydrolysis) is 1. The summed E-state index contributed by atoms with van der Waals surface area (Å²) in [5.41, 5.74) is -1.32. The van der Waals surface area contributed by atoms with Crippen LogP contribution in [0.2, 0.25) is 0 Å². The van der Waals surface area contributed by atoms with Crippen LogP contribution in [0.5, 0.6) is 0 Å². The minimum atomic E-state index is -5.15. The maximum atomic E-state index is 16.1. The number of halogens is 7. The predicted octanol–water partition coefficient (Wildman–Crippen LogP) is 5.76. The lowest BCUT2D eigenvalue weighted by molar-refractivity contribution is -0.220. The van der Waals surface area contributed by atoms with Crippen molar-refractivity contribution >= 4 is 29.8 Å². The monoisotopic (exact) mass is 1130 g/mol. The molecule has 2 aromatic carbocycles. The van der Waals surface area contributed by atoms with Gasteiger partial charge in [0.1, 0.15) is 29.5 Å². The first kappa shape index (κ1) is 59.1.